The van der Waals surface area contributed by atoms with Gasteiger partial charge in [0.15, 0.2) is 5.82 Å². The molecular weight excluding hydrogens is 200 g/mol. The predicted octanol–water partition coefficient (Wildman–Crippen LogP) is 2.21. The maximum Gasteiger partial charge on any atom is 0.167 e. The predicted molar refractivity (Wildman–Crippen MR) is 64.1 cm³/mol. The molecule has 0 aromatic carbocycles. The average Bonchev–Trinajstić information content (AvgIpc) is 2.78. The molecule has 1 saturated heterocycles. The summed E-state index contributed by atoms with van der Waals surface area (Å²) in [5.74, 6) is 2.82. The maximum atomic E-state index is 4.56. The SMILES string of the molecule is CCCc1nc(C2CC(CC)CCN2)n[nH]1. The normalized spacial score (nSPS) is 25.9. The molecule has 4 nitrogen and oxygen atoms in total. The molecule has 1 aromatic heterocycles. The van der Waals surface area contributed by atoms with Crippen molar-refractivity contribution in [2.24, 2.45) is 5.92 Å². The average molecular weight is 222 g/mol. The van der Waals surface area contributed by atoms with E-state index in [0.717, 1.165) is 37.0 Å². The standard InChI is InChI=1S/C12H22N4/c1-3-5-11-14-12(16-15-11)10-8-9(4-2)6-7-13-10/h9-10,13H,3-8H2,1-2H3,(H,14,15,16). The van der Waals surface area contributed by atoms with Crippen molar-refractivity contribution in [1.29, 1.82) is 0 Å². The van der Waals surface area contributed by atoms with Crippen LogP contribution in [0, 0.1) is 5.92 Å². The Morgan fingerprint density at radius 3 is 3.00 bits per heavy atom. The van der Waals surface area contributed by atoms with Crippen LogP contribution in [0.4, 0.5) is 0 Å². The van der Waals surface area contributed by atoms with Crippen molar-refractivity contribution < 1.29 is 0 Å². The maximum absolute atomic E-state index is 4.56. The molecular formula is C12H22N4. The van der Waals surface area contributed by atoms with Gasteiger partial charge in [0.05, 0.1) is 6.04 Å². The van der Waals surface area contributed by atoms with E-state index in [1.54, 1.807) is 0 Å². The Morgan fingerprint density at radius 2 is 2.25 bits per heavy atom. The molecule has 2 N–H and O–H groups in total. The van der Waals surface area contributed by atoms with Crippen molar-refractivity contribution in [2.45, 2.75) is 52.0 Å². The van der Waals surface area contributed by atoms with Gasteiger partial charge in [0, 0.05) is 6.42 Å². The number of rotatable bonds is 4. The first kappa shape index (κ1) is 11.6. The summed E-state index contributed by atoms with van der Waals surface area (Å²) >= 11 is 0. The molecule has 2 unspecified atom stereocenters. The second-order valence-corrected chi connectivity index (χ2v) is 4.70. The monoisotopic (exact) mass is 222 g/mol. The number of H-pyrrole nitrogens is 1. The van der Waals surface area contributed by atoms with Gasteiger partial charge in [-0.1, -0.05) is 20.3 Å². The summed E-state index contributed by atoms with van der Waals surface area (Å²) in [5, 5.41) is 10.9. The van der Waals surface area contributed by atoms with Gasteiger partial charge < -0.3 is 5.32 Å². The highest BCUT2D eigenvalue weighted by atomic mass is 15.2. The Morgan fingerprint density at radius 1 is 1.38 bits per heavy atom. The minimum Gasteiger partial charge on any atom is -0.307 e. The van der Waals surface area contributed by atoms with Gasteiger partial charge in [-0.3, -0.25) is 5.10 Å². The molecule has 0 aliphatic carbocycles. The van der Waals surface area contributed by atoms with Crippen LogP contribution in [0.3, 0.4) is 0 Å². The van der Waals surface area contributed by atoms with E-state index >= 15 is 0 Å². The molecule has 0 spiro atoms. The summed E-state index contributed by atoms with van der Waals surface area (Å²) in [6, 6.07) is 0.362. The highest BCUT2D eigenvalue weighted by Crippen LogP contribution is 2.27. The molecule has 1 fully saturated rings. The first-order chi connectivity index (χ1) is 7.83. The van der Waals surface area contributed by atoms with E-state index in [4.69, 9.17) is 0 Å². The van der Waals surface area contributed by atoms with E-state index in [-0.39, 0.29) is 0 Å². The van der Waals surface area contributed by atoms with Gasteiger partial charge >= 0.3 is 0 Å². The number of hydrogen-bond donors (Lipinski definition) is 2. The summed E-state index contributed by atoms with van der Waals surface area (Å²) in [6.07, 6.45) is 5.85. The van der Waals surface area contributed by atoms with Gasteiger partial charge in [-0.15, -0.1) is 0 Å². The minimum atomic E-state index is 0.362. The van der Waals surface area contributed by atoms with Gasteiger partial charge in [0.1, 0.15) is 5.82 Å². The zero-order chi connectivity index (χ0) is 11.4. The lowest BCUT2D eigenvalue weighted by Crippen LogP contribution is -2.32. The van der Waals surface area contributed by atoms with E-state index in [1.165, 1.54) is 19.3 Å². The van der Waals surface area contributed by atoms with Crippen molar-refractivity contribution in [3.63, 3.8) is 0 Å². The van der Waals surface area contributed by atoms with Crippen molar-refractivity contribution in [3.8, 4) is 0 Å². The van der Waals surface area contributed by atoms with Gasteiger partial charge in [0.25, 0.3) is 0 Å². The Labute approximate surface area is 97.2 Å². The molecule has 0 amide bonds. The first-order valence-electron chi connectivity index (χ1n) is 6.48. The number of aryl methyl sites for hydroxylation is 1. The van der Waals surface area contributed by atoms with Crippen molar-refractivity contribution in [1.82, 2.24) is 20.5 Å². The Hall–Kier alpha value is -0.900. The quantitative estimate of drug-likeness (QED) is 0.821. The summed E-state index contributed by atoms with van der Waals surface area (Å²) in [5.41, 5.74) is 0. The van der Waals surface area contributed by atoms with Crippen molar-refractivity contribution >= 4 is 0 Å². The second-order valence-electron chi connectivity index (χ2n) is 4.70. The summed E-state index contributed by atoms with van der Waals surface area (Å²) in [4.78, 5) is 4.56. The van der Waals surface area contributed by atoms with Crippen LogP contribution in [0.2, 0.25) is 0 Å². The second kappa shape index (κ2) is 5.43. The number of aromatic amines is 1. The van der Waals surface area contributed by atoms with Crippen LogP contribution in [-0.4, -0.2) is 21.7 Å². The van der Waals surface area contributed by atoms with Crippen LogP contribution >= 0.6 is 0 Å². The van der Waals surface area contributed by atoms with Gasteiger partial charge in [-0.05, 0) is 31.7 Å². The molecule has 0 bridgehead atoms. The molecule has 0 radical (unpaired) electrons. The topological polar surface area (TPSA) is 53.6 Å². The van der Waals surface area contributed by atoms with E-state index in [9.17, 15) is 0 Å². The lowest BCUT2D eigenvalue weighted by molar-refractivity contribution is 0.291. The van der Waals surface area contributed by atoms with Gasteiger partial charge in [-0.2, -0.15) is 5.10 Å². The Balaban J connectivity index is 1.99. The molecule has 1 aliphatic rings. The zero-order valence-corrected chi connectivity index (χ0v) is 10.3. The molecule has 2 atom stereocenters. The van der Waals surface area contributed by atoms with Crippen LogP contribution in [0.5, 0.6) is 0 Å². The number of hydrogen-bond acceptors (Lipinski definition) is 3. The van der Waals surface area contributed by atoms with Crippen LogP contribution in [-0.2, 0) is 6.42 Å². The van der Waals surface area contributed by atoms with E-state index in [1.807, 2.05) is 0 Å². The minimum absolute atomic E-state index is 0.362. The van der Waals surface area contributed by atoms with Gasteiger partial charge in [0.2, 0.25) is 0 Å². The molecule has 0 saturated carbocycles. The summed E-state index contributed by atoms with van der Waals surface area (Å²) in [6.45, 7) is 5.53. The van der Waals surface area contributed by atoms with E-state index in [2.05, 4.69) is 34.3 Å². The first-order valence-corrected chi connectivity index (χ1v) is 6.48. The number of nitrogens with zero attached hydrogens (tertiary/aromatic N) is 2. The molecule has 2 heterocycles. The van der Waals surface area contributed by atoms with Crippen LogP contribution in [0.25, 0.3) is 0 Å². The number of nitrogens with one attached hydrogen (secondary N) is 2. The molecule has 2 rings (SSSR count). The number of aromatic nitrogens is 3. The molecule has 1 aliphatic heterocycles. The lowest BCUT2D eigenvalue weighted by Gasteiger charge is -2.27. The molecule has 16 heavy (non-hydrogen) atoms. The van der Waals surface area contributed by atoms with Crippen LogP contribution in [0.1, 0.15) is 57.2 Å². The Kier molecular flexibility index (Phi) is 3.93. The summed E-state index contributed by atoms with van der Waals surface area (Å²) < 4.78 is 0. The zero-order valence-electron chi connectivity index (χ0n) is 10.3. The van der Waals surface area contributed by atoms with Gasteiger partial charge in [-0.25, -0.2) is 4.98 Å². The van der Waals surface area contributed by atoms with Crippen LogP contribution < -0.4 is 5.32 Å². The fourth-order valence-electron chi connectivity index (χ4n) is 2.38. The molecule has 1 aromatic rings. The Bertz CT molecular complexity index is 321. The molecule has 4 heteroatoms. The fourth-order valence-corrected chi connectivity index (χ4v) is 2.38. The fraction of sp³-hybridized carbons (Fsp3) is 0.833. The summed E-state index contributed by atoms with van der Waals surface area (Å²) in [7, 11) is 0. The highest BCUT2D eigenvalue weighted by Gasteiger charge is 2.24. The molecule has 90 valence electrons. The third kappa shape index (κ3) is 2.61. The van der Waals surface area contributed by atoms with E-state index in [0.29, 0.717) is 6.04 Å². The lowest BCUT2D eigenvalue weighted by atomic mass is 9.90. The number of piperidine rings is 1. The van der Waals surface area contributed by atoms with Crippen LogP contribution in [0.15, 0.2) is 0 Å². The van der Waals surface area contributed by atoms with E-state index < -0.39 is 0 Å². The highest BCUT2D eigenvalue weighted by molar-refractivity contribution is 4.99. The smallest absolute Gasteiger partial charge is 0.167 e. The van der Waals surface area contributed by atoms with Crippen molar-refractivity contribution in [3.05, 3.63) is 11.6 Å². The third-order valence-corrected chi connectivity index (χ3v) is 3.44. The largest absolute Gasteiger partial charge is 0.307 e. The van der Waals surface area contributed by atoms with Crippen molar-refractivity contribution in [2.75, 3.05) is 6.54 Å². The third-order valence-electron chi connectivity index (χ3n) is 3.44.